The first kappa shape index (κ1) is 19.7. The smallest absolute Gasteiger partial charge is 0.303 e. The van der Waals surface area contributed by atoms with E-state index in [4.69, 9.17) is 5.11 Å². The van der Waals surface area contributed by atoms with Crippen molar-refractivity contribution < 1.29 is 19.5 Å². The monoisotopic (exact) mass is 374 g/mol. The summed E-state index contributed by atoms with van der Waals surface area (Å²) >= 11 is 1.30. The van der Waals surface area contributed by atoms with Gasteiger partial charge in [-0.15, -0.1) is 11.3 Å². The molecular weight excluding hydrogens is 352 g/mol. The largest absolute Gasteiger partial charge is 0.481 e. The van der Waals surface area contributed by atoms with Gasteiger partial charge in [0.2, 0.25) is 5.91 Å². The Morgan fingerprint density at radius 2 is 1.81 bits per heavy atom. The summed E-state index contributed by atoms with van der Waals surface area (Å²) in [5.74, 6) is -1.54. The van der Waals surface area contributed by atoms with Crippen molar-refractivity contribution in [3.05, 3.63) is 58.3 Å². The third-order valence-electron chi connectivity index (χ3n) is 3.86. The highest BCUT2D eigenvalue weighted by Crippen LogP contribution is 2.10. The summed E-state index contributed by atoms with van der Waals surface area (Å²) in [7, 11) is 0. The van der Waals surface area contributed by atoms with Gasteiger partial charge in [-0.2, -0.15) is 0 Å². The maximum atomic E-state index is 12.4. The maximum Gasteiger partial charge on any atom is 0.303 e. The minimum absolute atomic E-state index is 0.0340. The molecule has 0 spiro atoms. The number of amides is 2. The molecule has 0 aliphatic carbocycles. The van der Waals surface area contributed by atoms with Crippen molar-refractivity contribution in [2.24, 2.45) is 0 Å². The molecule has 0 saturated heterocycles. The summed E-state index contributed by atoms with van der Waals surface area (Å²) in [6, 6.07) is 12.0. The van der Waals surface area contributed by atoms with Crippen molar-refractivity contribution in [2.75, 3.05) is 0 Å². The standard InChI is InChI=1S/C19H22N2O4S/c1-13(20-19(25)16-8-5-11-26-16)18(24)21-15(9-10-17(22)23)12-14-6-3-2-4-7-14/h2-8,11,13,15H,9-10,12H2,1H3,(H,20,25)(H,21,24)(H,22,23). The number of carbonyl (C=O) groups is 3. The molecule has 1 heterocycles. The highest BCUT2D eigenvalue weighted by atomic mass is 32.1. The van der Waals surface area contributed by atoms with Gasteiger partial charge in [-0.05, 0) is 36.8 Å². The van der Waals surface area contributed by atoms with Gasteiger partial charge in [0.25, 0.3) is 5.91 Å². The number of carbonyl (C=O) groups excluding carboxylic acids is 2. The number of carboxylic acid groups (broad SMARTS) is 1. The fraction of sp³-hybridized carbons (Fsp3) is 0.316. The molecule has 2 aromatic rings. The summed E-state index contributed by atoms with van der Waals surface area (Å²) in [5.41, 5.74) is 1.01. The molecule has 0 aliphatic heterocycles. The van der Waals surface area contributed by atoms with Crippen molar-refractivity contribution in [2.45, 2.75) is 38.3 Å². The van der Waals surface area contributed by atoms with E-state index in [0.717, 1.165) is 5.56 Å². The van der Waals surface area contributed by atoms with Crippen LogP contribution >= 0.6 is 11.3 Å². The molecule has 0 bridgehead atoms. The zero-order chi connectivity index (χ0) is 18.9. The lowest BCUT2D eigenvalue weighted by molar-refractivity contribution is -0.137. The maximum absolute atomic E-state index is 12.4. The summed E-state index contributed by atoms with van der Waals surface area (Å²) < 4.78 is 0. The van der Waals surface area contributed by atoms with Gasteiger partial charge in [0.05, 0.1) is 4.88 Å². The van der Waals surface area contributed by atoms with E-state index in [1.165, 1.54) is 11.3 Å². The first-order chi connectivity index (χ1) is 12.5. The predicted octanol–water partition coefficient (Wildman–Crippen LogP) is 2.46. The molecular formula is C19H22N2O4S. The van der Waals surface area contributed by atoms with Crippen LogP contribution in [0.25, 0.3) is 0 Å². The molecule has 2 amide bonds. The molecule has 6 nitrogen and oxygen atoms in total. The molecule has 3 N–H and O–H groups in total. The SMILES string of the molecule is CC(NC(=O)c1cccs1)C(=O)NC(CCC(=O)O)Cc1ccccc1. The van der Waals surface area contributed by atoms with Crippen molar-refractivity contribution in [1.29, 1.82) is 0 Å². The fourth-order valence-electron chi connectivity index (χ4n) is 2.49. The van der Waals surface area contributed by atoms with E-state index >= 15 is 0 Å². The van der Waals surface area contributed by atoms with Gasteiger partial charge in [0.15, 0.2) is 0 Å². The summed E-state index contributed by atoms with van der Waals surface area (Å²) in [6.45, 7) is 1.61. The highest BCUT2D eigenvalue weighted by molar-refractivity contribution is 7.12. The molecule has 2 atom stereocenters. The Morgan fingerprint density at radius 1 is 1.08 bits per heavy atom. The Morgan fingerprint density at radius 3 is 2.42 bits per heavy atom. The Kier molecular flexibility index (Phi) is 7.35. The van der Waals surface area contributed by atoms with Crippen LogP contribution in [-0.4, -0.2) is 35.0 Å². The first-order valence-corrected chi connectivity index (χ1v) is 9.24. The number of hydrogen-bond donors (Lipinski definition) is 3. The molecule has 0 fully saturated rings. The van der Waals surface area contributed by atoms with Crippen LogP contribution in [0.1, 0.15) is 35.0 Å². The zero-order valence-corrected chi connectivity index (χ0v) is 15.3. The summed E-state index contributed by atoms with van der Waals surface area (Å²) in [4.78, 5) is 35.9. The van der Waals surface area contributed by atoms with Gasteiger partial charge in [-0.1, -0.05) is 36.4 Å². The zero-order valence-electron chi connectivity index (χ0n) is 14.5. The molecule has 1 aromatic carbocycles. The van der Waals surface area contributed by atoms with Crippen LogP contribution in [0.3, 0.4) is 0 Å². The van der Waals surface area contributed by atoms with Crippen molar-refractivity contribution in [3.63, 3.8) is 0 Å². The van der Waals surface area contributed by atoms with Crippen LogP contribution in [-0.2, 0) is 16.0 Å². The van der Waals surface area contributed by atoms with Crippen LogP contribution < -0.4 is 10.6 Å². The molecule has 0 aliphatic rings. The Hall–Kier alpha value is -2.67. The van der Waals surface area contributed by atoms with Crippen LogP contribution in [0.2, 0.25) is 0 Å². The number of carboxylic acids is 1. The molecule has 7 heteroatoms. The lowest BCUT2D eigenvalue weighted by Crippen LogP contribution is -2.48. The number of hydrogen-bond acceptors (Lipinski definition) is 4. The molecule has 0 radical (unpaired) electrons. The van der Waals surface area contributed by atoms with E-state index in [0.29, 0.717) is 17.7 Å². The summed E-state index contributed by atoms with van der Waals surface area (Å²) in [5, 5.41) is 16.2. The highest BCUT2D eigenvalue weighted by Gasteiger charge is 2.21. The molecule has 26 heavy (non-hydrogen) atoms. The second kappa shape index (κ2) is 9.72. The predicted molar refractivity (Wildman–Crippen MR) is 100 cm³/mol. The Labute approximate surface area is 156 Å². The van der Waals surface area contributed by atoms with Crippen molar-refractivity contribution in [3.8, 4) is 0 Å². The van der Waals surface area contributed by atoms with Gasteiger partial charge in [-0.3, -0.25) is 14.4 Å². The number of aliphatic carboxylic acids is 1. The van der Waals surface area contributed by atoms with Gasteiger partial charge in [-0.25, -0.2) is 0 Å². The van der Waals surface area contributed by atoms with Crippen LogP contribution in [0.15, 0.2) is 47.8 Å². The topological polar surface area (TPSA) is 95.5 Å². The minimum atomic E-state index is -0.906. The van der Waals surface area contributed by atoms with Crippen LogP contribution in [0.4, 0.5) is 0 Å². The molecule has 1 aromatic heterocycles. The van der Waals surface area contributed by atoms with Gasteiger partial charge in [0.1, 0.15) is 6.04 Å². The van der Waals surface area contributed by atoms with E-state index < -0.39 is 12.0 Å². The summed E-state index contributed by atoms with van der Waals surface area (Å²) in [6.07, 6.45) is 0.820. The number of nitrogens with one attached hydrogen (secondary N) is 2. The molecule has 0 saturated carbocycles. The van der Waals surface area contributed by atoms with E-state index in [1.54, 1.807) is 24.4 Å². The second-order valence-electron chi connectivity index (χ2n) is 6.00. The Balaban J connectivity index is 1.95. The average molecular weight is 374 g/mol. The van der Waals surface area contributed by atoms with E-state index in [1.807, 2.05) is 30.3 Å². The normalized spacial score (nSPS) is 12.8. The van der Waals surface area contributed by atoms with Crippen LogP contribution in [0.5, 0.6) is 0 Å². The Bertz CT molecular complexity index is 731. The molecule has 138 valence electrons. The van der Waals surface area contributed by atoms with Crippen molar-refractivity contribution >= 4 is 29.1 Å². The van der Waals surface area contributed by atoms with E-state index in [9.17, 15) is 14.4 Å². The lowest BCUT2D eigenvalue weighted by Gasteiger charge is -2.21. The fourth-order valence-corrected chi connectivity index (χ4v) is 3.12. The third-order valence-corrected chi connectivity index (χ3v) is 4.73. The lowest BCUT2D eigenvalue weighted by atomic mass is 10.0. The molecule has 2 unspecified atom stereocenters. The first-order valence-electron chi connectivity index (χ1n) is 8.36. The second-order valence-corrected chi connectivity index (χ2v) is 6.95. The van der Waals surface area contributed by atoms with Gasteiger partial charge < -0.3 is 15.7 Å². The number of thiophene rings is 1. The quantitative estimate of drug-likeness (QED) is 0.628. The third kappa shape index (κ3) is 6.33. The molecule has 2 rings (SSSR count). The minimum Gasteiger partial charge on any atom is -0.481 e. The van der Waals surface area contributed by atoms with E-state index in [2.05, 4.69) is 10.6 Å². The van der Waals surface area contributed by atoms with Crippen molar-refractivity contribution in [1.82, 2.24) is 10.6 Å². The number of benzene rings is 1. The van der Waals surface area contributed by atoms with Crippen LogP contribution in [0, 0.1) is 0 Å². The number of rotatable bonds is 9. The van der Waals surface area contributed by atoms with Gasteiger partial charge >= 0.3 is 5.97 Å². The van der Waals surface area contributed by atoms with E-state index in [-0.39, 0.29) is 24.3 Å². The van der Waals surface area contributed by atoms with Gasteiger partial charge in [0, 0.05) is 12.5 Å². The average Bonchev–Trinajstić information content (AvgIpc) is 3.15.